The molecule has 0 saturated heterocycles. The van der Waals surface area contributed by atoms with E-state index in [1.807, 2.05) is 0 Å². The van der Waals surface area contributed by atoms with Crippen LogP contribution in [0.15, 0.2) is 0 Å². The van der Waals surface area contributed by atoms with Crippen LogP contribution in [-0.4, -0.2) is 54.9 Å². The molecule has 0 aliphatic carbocycles. The first-order valence-electron chi connectivity index (χ1n) is 4.86. The van der Waals surface area contributed by atoms with Crippen LogP contribution in [0.25, 0.3) is 0 Å². The van der Waals surface area contributed by atoms with E-state index in [4.69, 9.17) is 5.11 Å². The molecule has 0 rings (SSSR count). The van der Waals surface area contributed by atoms with Crippen molar-refractivity contribution in [1.82, 2.24) is 4.90 Å². The van der Waals surface area contributed by atoms with Gasteiger partial charge in [-0.3, -0.25) is 9.59 Å². The first-order valence-corrected chi connectivity index (χ1v) is 4.86. The summed E-state index contributed by atoms with van der Waals surface area (Å²) >= 11 is 0. The van der Waals surface area contributed by atoms with Crippen molar-refractivity contribution >= 4 is 11.9 Å². The lowest BCUT2D eigenvalue weighted by Gasteiger charge is -2.22. The van der Waals surface area contributed by atoms with E-state index in [0.717, 1.165) is 7.11 Å². The summed E-state index contributed by atoms with van der Waals surface area (Å²) in [6.45, 7) is -0.975. The molecule has 0 aromatic heterocycles. The summed E-state index contributed by atoms with van der Waals surface area (Å²) in [4.78, 5) is 22.2. The number of carbonyl (C=O) groups excluding carboxylic acids is 2. The van der Waals surface area contributed by atoms with Crippen LogP contribution in [0.5, 0.6) is 0 Å². The average molecular weight is 257 g/mol. The van der Waals surface area contributed by atoms with E-state index in [2.05, 4.69) is 4.74 Å². The highest BCUT2D eigenvalue weighted by molar-refractivity contribution is 5.82. The maximum Gasteiger partial charge on any atom is 0.471 e. The van der Waals surface area contributed by atoms with Crippen LogP contribution in [-0.2, 0) is 14.3 Å². The molecule has 0 spiro atoms. The summed E-state index contributed by atoms with van der Waals surface area (Å²) in [5, 5.41) is 8.51. The lowest BCUT2D eigenvalue weighted by molar-refractivity contribution is -0.185. The molecule has 1 N–H and O–H groups in total. The summed E-state index contributed by atoms with van der Waals surface area (Å²) in [5.41, 5.74) is 0. The molecule has 0 aliphatic heterocycles. The van der Waals surface area contributed by atoms with Gasteiger partial charge in [0.2, 0.25) is 0 Å². The molecule has 8 heteroatoms. The Balaban J connectivity index is 4.42. The van der Waals surface area contributed by atoms with Gasteiger partial charge in [-0.05, 0) is 6.42 Å². The maximum absolute atomic E-state index is 12.2. The van der Waals surface area contributed by atoms with Crippen molar-refractivity contribution in [3.05, 3.63) is 0 Å². The van der Waals surface area contributed by atoms with Gasteiger partial charge >= 0.3 is 18.1 Å². The summed E-state index contributed by atoms with van der Waals surface area (Å²) in [5.74, 6) is -2.72. The molecule has 100 valence electrons. The minimum absolute atomic E-state index is 0.0169. The number of aliphatic hydroxyl groups is 1. The van der Waals surface area contributed by atoms with Gasteiger partial charge < -0.3 is 14.7 Å². The number of carbonyl (C=O) groups is 2. The normalized spacial score (nSPS) is 11.1. The number of aliphatic hydroxyl groups excluding tert-OH is 1. The van der Waals surface area contributed by atoms with Gasteiger partial charge in [0.05, 0.1) is 13.5 Å². The van der Waals surface area contributed by atoms with E-state index in [1.54, 1.807) is 0 Å². The molecule has 0 radical (unpaired) electrons. The van der Waals surface area contributed by atoms with Crippen molar-refractivity contribution in [2.24, 2.45) is 0 Å². The zero-order chi connectivity index (χ0) is 13.5. The quantitative estimate of drug-likeness (QED) is 0.696. The second-order valence-corrected chi connectivity index (χ2v) is 3.19. The van der Waals surface area contributed by atoms with Crippen molar-refractivity contribution < 1.29 is 32.6 Å². The van der Waals surface area contributed by atoms with Gasteiger partial charge in [0.15, 0.2) is 0 Å². The van der Waals surface area contributed by atoms with Crippen LogP contribution in [0.1, 0.15) is 12.8 Å². The van der Waals surface area contributed by atoms with Crippen molar-refractivity contribution in [1.29, 1.82) is 0 Å². The van der Waals surface area contributed by atoms with E-state index >= 15 is 0 Å². The topological polar surface area (TPSA) is 66.8 Å². The number of ether oxygens (including phenoxy) is 1. The monoisotopic (exact) mass is 257 g/mol. The number of alkyl halides is 3. The van der Waals surface area contributed by atoms with E-state index in [9.17, 15) is 22.8 Å². The Morgan fingerprint density at radius 2 is 1.88 bits per heavy atom. The molecule has 0 fully saturated rings. The third-order valence-corrected chi connectivity index (χ3v) is 1.93. The van der Waals surface area contributed by atoms with E-state index in [0.29, 0.717) is 4.90 Å². The highest BCUT2D eigenvalue weighted by atomic mass is 19.4. The average Bonchev–Trinajstić information content (AvgIpc) is 2.26. The molecule has 0 heterocycles. The van der Waals surface area contributed by atoms with Crippen LogP contribution in [0.2, 0.25) is 0 Å². The third kappa shape index (κ3) is 6.10. The first-order chi connectivity index (χ1) is 7.82. The van der Waals surface area contributed by atoms with Gasteiger partial charge in [0.25, 0.3) is 0 Å². The third-order valence-electron chi connectivity index (χ3n) is 1.93. The Morgan fingerprint density at radius 1 is 1.29 bits per heavy atom. The molecule has 17 heavy (non-hydrogen) atoms. The molecule has 0 saturated carbocycles. The predicted octanol–water partition coefficient (Wildman–Crippen LogP) is 0.323. The number of esters is 1. The number of hydrogen-bond donors (Lipinski definition) is 1. The molecular weight excluding hydrogens is 243 g/mol. The Hall–Kier alpha value is -1.31. The second kappa shape index (κ2) is 7.10. The van der Waals surface area contributed by atoms with Gasteiger partial charge in [-0.15, -0.1) is 0 Å². The molecule has 0 aliphatic rings. The molecular formula is C9H14F3NO4. The van der Waals surface area contributed by atoms with Crippen LogP contribution in [0, 0.1) is 0 Å². The maximum atomic E-state index is 12.2. The van der Waals surface area contributed by atoms with Crippen molar-refractivity contribution in [2.45, 2.75) is 19.0 Å². The predicted molar refractivity (Wildman–Crippen MR) is 51.0 cm³/mol. The standard InChI is InChI=1S/C9H14F3NO4/c1-17-7(15)3-5-13(4-2-6-14)8(16)9(10,11)12/h14H,2-6H2,1H3. The molecule has 0 bridgehead atoms. The van der Waals surface area contributed by atoms with E-state index < -0.39 is 18.1 Å². The Bertz CT molecular complexity index is 267. The van der Waals surface area contributed by atoms with E-state index in [1.165, 1.54) is 0 Å². The molecule has 0 aromatic rings. The molecule has 0 unspecified atom stereocenters. The van der Waals surface area contributed by atoms with Crippen LogP contribution >= 0.6 is 0 Å². The zero-order valence-corrected chi connectivity index (χ0v) is 9.29. The minimum Gasteiger partial charge on any atom is -0.469 e. The van der Waals surface area contributed by atoms with Gasteiger partial charge in [0, 0.05) is 19.7 Å². The summed E-state index contributed by atoms with van der Waals surface area (Å²) in [6, 6.07) is 0. The Kier molecular flexibility index (Phi) is 6.55. The van der Waals surface area contributed by atoms with Gasteiger partial charge in [0.1, 0.15) is 0 Å². The lowest BCUT2D eigenvalue weighted by atomic mass is 10.3. The smallest absolute Gasteiger partial charge is 0.469 e. The van der Waals surface area contributed by atoms with Crippen LogP contribution in [0.3, 0.4) is 0 Å². The lowest BCUT2D eigenvalue weighted by Crippen LogP contribution is -2.42. The fourth-order valence-electron chi connectivity index (χ4n) is 1.08. The van der Waals surface area contributed by atoms with Crippen LogP contribution < -0.4 is 0 Å². The second-order valence-electron chi connectivity index (χ2n) is 3.19. The summed E-state index contributed by atoms with van der Waals surface area (Å²) in [7, 11) is 1.10. The highest BCUT2D eigenvalue weighted by Crippen LogP contribution is 2.18. The number of hydrogen-bond acceptors (Lipinski definition) is 4. The number of halogens is 3. The number of methoxy groups -OCH3 is 1. The number of amides is 1. The zero-order valence-electron chi connectivity index (χ0n) is 9.29. The van der Waals surface area contributed by atoms with Crippen molar-refractivity contribution in [3.63, 3.8) is 0 Å². The number of nitrogens with zero attached hydrogens (tertiary/aromatic N) is 1. The fourth-order valence-corrected chi connectivity index (χ4v) is 1.08. The number of rotatable bonds is 6. The summed E-state index contributed by atoms with van der Waals surface area (Å²) < 4.78 is 40.8. The van der Waals surface area contributed by atoms with Crippen molar-refractivity contribution in [2.75, 3.05) is 26.8 Å². The molecule has 1 amide bonds. The Labute approximate surface area is 96.1 Å². The van der Waals surface area contributed by atoms with Crippen molar-refractivity contribution in [3.8, 4) is 0 Å². The first kappa shape index (κ1) is 15.7. The van der Waals surface area contributed by atoms with Gasteiger partial charge in [-0.25, -0.2) is 0 Å². The molecule has 5 nitrogen and oxygen atoms in total. The van der Waals surface area contributed by atoms with Gasteiger partial charge in [-0.2, -0.15) is 13.2 Å². The molecule has 0 aromatic carbocycles. The largest absolute Gasteiger partial charge is 0.471 e. The minimum atomic E-state index is -4.98. The Morgan fingerprint density at radius 3 is 2.29 bits per heavy atom. The van der Waals surface area contributed by atoms with E-state index in [-0.39, 0.29) is 32.5 Å². The summed E-state index contributed by atoms with van der Waals surface area (Å²) in [6.07, 6.45) is -5.28. The SMILES string of the molecule is COC(=O)CCN(CCCO)C(=O)C(F)(F)F. The highest BCUT2D eigenvalue weighted by Gasteiger charge is 2.42. The fraction of sp³-hybridized carbons (Fsp3) is 0.778. The van der Waals surface area contributed by atoms with Crippen LogP contribution in [0.4, 0.5) is 13.2 Å². The van der Waals surface area contributed by atoms with Gasteiger partial charge in [-0.1, -0.05) is 0 Å². The molecule has 0 atom stereocenters.